The zero-order valence-corrected chi connectivity index (χ0v) is 16.1. The van der Waals surface area contributed by atoms with E-state index in [1.165, 1.54) is 7.05 Å². The highest BCUT2D eigenvalue weighted by Crippen LogP contribution is 2.33. The lowest BCUT2D eigenvalue weighted by molar-refractivity contribution is -0.121. The fraction of sp³-hybridized carbons (Fsp3) is 0.105. The van der Waals surface area contributed by atoms with Crippen molar-refractivity contribution in [1.82, 2.24) is 4.90 Å². The van der Waals surface area contributed by atoms with Crippen LogP contribution in [0.5, 0.6) is 5.75 Å². The van der Waals surface area contributed by atoms with Gasteiger partial charge in [0.25, 0.3) is 11.1 Å². The normalized spacial score (nSPS) is 15.4. The number of likely N-dealkylation sites (N-methyl/N-ethyl adjacent to an activating group) is 1. The third-order valence-corrected chi connectivity index (χ3v) is 5.34. The molecular formula is C19H13BrN2O3S. The predicted octanol–water partition coefficient (Wildman–Crippen LogP) is 4.57. The number of amides is 2. The summed E-state index contributed by atoms with van der Waals surface area (Å²) in [4.78, 5) is 25.0. The monoisotopic (exact) mass is 428 g/mol. The van der Waals surface area contributed by atoms with Crippen molar-refractivity contribution in [2.75, 3.05) is 7.05 Å². The van der Waals surface area contributed by atoms with E-state index in [2.05, 4.69) is 22.0 Å². The number of thioether (sulfide) groups is 1. The molecule has 2 amide bonds. The fourth-order valence-electron chi connectivity index (χ4n) is 2.33. The molecule has 0 radical (unpaired) electrons. The Kier molecular flexibility index (Phi) is 5.45. The number of hydrogen-bond acceptors (Lipinski definition) is 5. The van der Waals surface area contributed by atoms with Crippen molar-refractivity contribution in [3.63, 3.8) is 0 Å². The summed E-state index contributed by atoms with van der Waals surface area (Å²) in [6, 6.07) is 14.8. The van der Waals surface area contributed by atoms with E-state index >= 15 is 0 Å². The second kappa shape index (κ2) is 7.77. The lowest BCUT2D eigenvalue weighted by Gasteiger charge is -2.10. The lowest BCUT2D eigenvalue weighted by atomic mass is 10.1. The highest BCUT2D eigenvalue weighted by molar-refractivity contribution is 9.10. The van der Waals surface area contributed by atoms with Crippen LogP contribution in [0.15, 0.2) is 51.8 Å². The van der Waals surface area contributed by atoms with Gasteiger partial charge in [-0.3, -0.25) is 14.5 Å². The second-order valence-electron chi connectivity index (χ2n) is 5.49. The Labute approximate surface area is 163 Å². The first-order valence-corrected chi connectivity index (χ1v) is 9.22. The summed E-state index contributed by atoms with van der Waals surface area (Å²) in [5.41, 5.74) is 2.17. The molecule has 0 aromatic heterocycles. The summed E-state index contributed by atoms with van der Waals surface area (Å²) in [5.74, 6) is 0.322. The molecule has 1 aliphatic rings. The van der Waals surface area contributed by atoms with Gasteiger partial charge in [-0.05, 0) is 57.5 Å². The standard InChI is InChI=1S/C19H13BrN2O3S/c1-22-18(23)17(26-19(22)24)9-12-6-7-16(15(20)8-12)25-11-14-5-3-2-4-13(14)10-21/h2-9H,11H2,1H3/b17-9+. The van der Waals surface area contributed by atoms with E-state index in [4.69, 9.17) is 10.00 Å². The predicted molar refractivity (Wildman–Crippen MR) is 103 cm³/mol. The molecule has 1 aliphatic heterocycles. The van der Waals surface area contributed by atoms with Gasteiger partial charge in [-0.2, -0.15) is 5.26 Å². The van der Waals surface area contributed by atoms with Gasteiger partial charge in [0.05, 0.1) is 21.0 Å². The van der Waals surface area contributed by atoms with Crippen LogP contribution in [0.1, 0.15) is 16.7 Å². The zero-order chi connectivity index (χ0) is 18.7. The molecule has 3 rings (SSSR count). The largest absolute Gasteiger partial charge is 0.488 e. The summed E-state index contributed by atoms with van der Waals surface area (Å²) in [6.45, 7) is 0.274. The second-order valence-corrected chi connectivity index (χ2v) is 7.34. The van der Waals surface area contributed by atoms with Crippen LogP contribution in [0.25, 0.3) is 6.08 Å². The number of imide groups is 1. The molecule has 0 spiro atoms. The smallest absolute Gasteiger partial charge is 0.293 e. The quantitative estimate of drug-likeness (QED) is 0.667. The molecule has 0 saturated carbocycles. The first kappa shape index (κ1) is 18.2. The lowest BCUT2D eigenvalue weighted by Crippen LogP contribution is -2.22. The molecule has 1 fully saturated rings. The Hall–Kier alpha value is -2.56. The summed E-state index contributed by atoms with van der Waals surface area (Å²) in [7, 11) is 1.46. The average Bonchev–Trinajstić information content (AvgIpc) is 2.88. The van der Waals surface area contributed by atoms with Gasteiger partial charge in [0.1, 0.15) is 12.4 Å². The van der Waals surface area contributed by atoms with E-state index in [9.17, 15) is 9.59 Å². The van der Waals surface area contributed by atoms with Crippen LogP contribution in [0, 0.1) is 11.3 Å². The maximum Gasteiger partial charge on any atom is 0.293 e. The van der Waals surface area contributed by atoms with Crippen LogP contribution < -0.4 is 4.74 Å². The molecule has 26 heavy (non-hydrogen) atoms. The van der Waals surface area contributed by atoms with Crippen molar-refractivity contribution in [3.05, 3.63) is 68.5 Å². The molecule has 1 saturated heterocycles. The van der Waals surface area contributed by atoms with Crippen molar-refractivity contribution in [1.29, 1.82) is 5.26 Å². The Morgan fingerprint density at radius 3 is 2.69 bits per heavy atom. The number of benzene rings is 2. The van der Waals surface area contributed by atoms with Gasteiger partial charge in [0.2, 0.25) is 0 Å². The van der Waals surface area contributed by atoms with E-state index in [0.717, 1.165) is 32.3 Å². The van der Waals surface area contributed by atoms with Crippen LogP contribution in [0.3, 0.4) is 0 Å². The molecule has 7 heteroatoms. The maximum absolute atomic E-state index is 11.9. The minimum atomic E-state index is -0.301. The van der Waals surface area contributed by atoms with Gasteiger partial charge in [-0.15, -0.1) is 0 Å². The topological polar surface area (TPSA) is 70.4 Å². The van der Waals surface area contributed by atoms with E-state index in [-0.39, 0.29) is 17.8 Å². The molecule has 2 aromatic carbocycles. The summed E-state index contributed by atoms with van der Waals surface area (Å²) in [6.07, 6.45) is 1.67. The number of rotatable bonds is 4. The summed E-state index contributed by atoms with van der Waals surface area (Å²) >= 11 is 4.38. The molecule has 0 unspecified atom stereocenters. The third-order valence-electron chi connectivity index (χ3n) is 3.76. The molecule has 1 heterocycles. The Bertz CT molecular complexity index is 965. The molecule has 2 aromatic rings. The highest BCUT2D eigenvalue weighted by Gasteiger charge is 2.31. The first-order valence-electron chi connectivity index (χ1n) is 7.61. The van der Waals surface area contributed by atoms with Crippen molar-refractivity contribution >= 4 is 44.9 Å². The number of nitrogens with zero attached hydrogens (tertiary/aromatic N) is 2. The van der Waals surface area contributed by atoms with E-state index in [0.29, 0.717) is 16.2 Å². The number of halogens is 1. The van der Waals surface area contributed by atoms with Gasteiger partial charge in [-0.1, -0.05) is 24.3 Å². The van der Waals surface area contributed by atoms with Gasteiger partial charge in [0.15, 0.2) is 0 Å². The number of hydrogen-bond donors (Lipinski definition) is 0. The minimum Gasteiger partial charge on any atom is -0.488 e. The third kappa shape index (κ3) is 3.82. The highest BCUT2D eigenvalue weighted by atomic mass is 79.9. The van der Waals surface area contributed by atoms with E-state index in [1.54, 1.807) is 24.3 Å². The summed E-state index contributed by atoms with van der Waals surface area (Å²) < 4.78 is 6.51. The molecule has 0 atom stereocenters. The number of ether oxygens (including phenoxy) is 1. The molecule has 5 nitrogen and oxygen atoms in total. The van der Waals surface area contributed by atoms with Crippen molar-refractivity contribution in [2.45, 2.75) is 6.61 Å². The molecule has 0 aliphatic carbocycles. The van der Waals surface area contributed by atoms with Crippen LogP contribution in [0.2, 0.25) is 0 Å². The SMILES string of the molecule is CN1C(=O)S/C(=C/c2ccc(OCc3ccccc3C#N)c(Br)c2)C1=O. The minimum absolute atomic E-state index is 0.274. The van der Waals surface area contributed by atoms with E-state index < -0.39 is 0 Å². The molecular weight excluding hydrogens is 416 g/mol. The number of carbonyl (C=O) groups excluding carboxylic acids is 2. The van der Waals surface area contributed by atoms with Crippen molar-refractivity contribution in [2.24, 2.45) is 0 Å². The zero-order valence-electron chi connectivity index (χ0n) is 13.7. The fourth-order valence-corrected chi connectivity index (χ4v) is 3.67. The van der Waals surface area contributed by atoms with Crippen LogP contribution in [-0.2, 0) is 11.4 Å². The van der Waals surface area contributed by atoms with Crippen molar-refractivity contribution in [3.8, 4) is 11.8 Å². The number of carbonyl (C=O) groups is 2. The van der Waals surface area contributed by atoms with Crippen LogP contribution in [-0.4, -0.2) is 23.1 Å². The van der Waals surface area contributed by atoms with Crippen LogP contribution >= 0.6 is 27.7 Å². The van der Waals surface area contributed by atoms with Gasteiger partial charge < -0.3 is 4.74 Å². The van der Waals surface area contributed by atoms with Gasteiger partial charge >= 0.3 is 0 Å². The average molecular weight is 429 g/mol. The Morgan fingerprint density at radius 2 is 2.04 bits per heavy atom. The van der Waals surface area contributed by atoms with Crippen LogP contribution in [0.4, 0.5) is 4.79 Å². The Morgan fingerprint density at radius 1 is 1.27 bits per heavy atom. The molecule has 0 bridgehead atoms. The molecule has 0 N–H and O–H groups in total. The van der Waals surface area contributed by atoms with Gasteiger partial charge in [-0.25, -0.2) is 0 Å². The Balaban J connectivity index is 1.75. The van der Waals surface area contributed by atoms with E-state index in [1.807, 2.05) is 24.3 Å². The molecule has 130 valence electrons. The maximum atomic E-state index is 11.9. The number of nitriles is 1. The van der Waals surface area contributed by atoms with Crippen molar-refractivity contribution < 1.29 is 14.3 Å². The van der Waals surface area contributed by atoms with Gasteiger partial charge in [0, 0.05) is 12.6 Å². The first-order chi connectivity index (χ1) is 12.5. The summed E-state index contributed by atoms with van der Waals surface area (Å²) in [5, 5.41) is 8.84.